The molecule has 3 nitrogen and oxygen atoms in total. The number of aliphatic hydroxyl groups is 1. The SMILES string of the molecule is CCCCCC(O)C(=CC(=O)O)CC. The van der Waals surface area contributed by atoms with Gasteiger partial charge in [-0.2, -0.15) is 0 Å². The summed E-state index contributed by atoms with van der Waals surface area (Å²) in [5.41, 5.74) is 0.619. The first kappa shape index (κ1) is 13.2. The van der Waals surface area contributed by atoms with E-state index in [1.807, 2.05) is 6.92 Å². The van der Waals surface area contributed by atoms with Crippen LogP contribution in [0.4, 0.5) is 0 Å². The molecule has 0 fully saturated rings. The molecule has 82 valence electrons. The van der Waals surface area contributed by atoms with E-state index in [0.29, 0.717) is 18.4 Å². The predicted molar refractivity (Wildman–Crippen MR) is 56.2 cm³/mol. The molecular weight excluding hydrogens is 180 g/mol. The molecule has 0 aliphatic rings. The Kier molecular flexibility index (Phi) is 7.11. The second-order valence-electron chi connectivity index (χ2n) is 3.42. The summed E-state index contributed by atoms with van der Waals surface area (Å²) in [7, 11) is 0. The maximum Gasteiger partial charge on any atom is 0.328 e. The molecule has 0 aromatic rings. The van der Waals surface area contributed by atoms with Crippen LogP contribution in [0.15, 0.2) is 11.6 Å². The van der Waals surface area contributed by atoms with Gasteiger partial charge in [-0.3, -0.25) is 0 Å². The molecule has 2 N–H and O–H groups in total. The second kappa shape index (κ2) is 7.56. The van der Waals surface area contributed by atoms with Crippen LogP contribution in [0, 0.1) is 0 Å². The van der Waals surface area contributed by atoms with E-state index in [2.05, 4.69) is 6.92 Å². The van der Waals surface area contributed by atoms with Crippen molar-refractivity contribution in [1.29, 1.82) is 0 Å². The van der Waals surface area contributed by atoms with Gasteiger partial charge in [0.1, 0.15) is 0 Å². The van der Waals surface area contributed by atoms with Crippen molar-refractivity contribution >= 4 is 5.97 Å². The van der Waals surface area contributed by atoms with Crippen molar-refractivity contribution in [2.45, 2.75) is 52.1 Å². The summed E-state index contributed by atoms with van der Waals surface area (Å²) in [5, 5.41) is 18.2. The number of carboxylic acid groups (broad SMARTS) is 1. The lowest BCUT2D eigenvalue weighted by atomic mass is 10.0. The smallest absolute Gasteiger partial charge is 0.328 e. The third-order valence-corrected chi connectivity index (χ3v) is 2.23. The Hall–Kier alpha value is -0.830. The summed E-state index contributed by atoms with van der Waals surface area (Å²) in [6.45, 7) is 3.96. The topological polar surface area (TPSA) is 57.5 Å². The normalized spacial score (nSPS) is 14.1. The fourth-order valence-corrected chi connectivity index (χ4v) is 1.37. The Bertz CT molecular complexity index is 197. The number of carboxylic acids is 1. The van der Waals surface area contributed by atoms with E-state index in [0.717, 1.165) is 25.3 Å². The molecule has 0 heterocycles. The first-order valence-electron chi connectivity index (χ1n) is 5.23. The van der Waals surface area contributed by atoms with Crippen LogP contribution in [0.2, 0.25) is 0 Å². The number of rotatable bonds is 7. The highest BCUT2D eigenvalue weighted by Crippen LogP contribution is 2.14. The first-order valence-corrected chi connectivity index (χ1v) is 5.23. The summed E-state index contributed by atoms with van der Waals surface area (Å²) in [4.78, 5) is 10.4. The molecule has 0 saturated carbocycles. The quantitative estimate of drug-likeness (QED) is 0.490. The molecule has 0 aliphatic carbocycles. The van der Waals surface area contributed by atoms with Crippen LogP contribution in [0.25, 0.3) is 0 Å². The molecule has 0 amide bonds. The fraction of sp³-hybridized carbons (Fsp3) is 0.727. The lowest BCUT2D eigenvalue weighted by Gasteiger charge is -2.12. The number of hydrogen-bond acceptors (Lipinski definition) is 2. The maximum absolute atomic E-state index is 10.4. The minimum Gasteiger partial charge on any atom is -0.478 e. The van der Waals surface area contributed by atoms with Crippen molar-refractivity contribution in [3.63, 3.8) is 0 Å². The van der Waals surface area contributed by atoms with E-state index in [1.54, 1.807) is 0 Å². The molecule has 0 rings (SSSR count). The number of aliphatic carboxylic acids is 1. The highest BCUT2D eigenvalue weighted by atomic mass is 16.4. The highest BCUT2D eigenvalue weighted by Gasteiger charge is 2.09. The number of aliphatic hydroxyl groups excluding tert-OH is 1. The van der Waals surface area contributed by atoms with E-state index in [1.165, 1.54) is 0 Å². The molecule has 3 heteroatoms. The summed E-state index contributed by atoms with van der Waals surface area (Å²) < 4.78 is 0. The zero-order chi connectivity index (χ0) is 11.0. The molecule has 14 heavy (non-hydrogen) atoms. The largest absolute Gasteiger partial charge is 0.478 e. The van der Waals surface area contributed by atoms with Crippen molar-refractivity contribution in [2.75, 3.05) is 0 Å². The molecule has 0 aliphatic heterocycles. The number of hydrogen-bond donors (Lipinski definition) is 2. The van der Waals surface area contributed by atoms with Gasteiger partial charge in [0.2, 0.25) is 0 Å². The van der Waals surface area contributed by atoms with Crippen LogP contribution >= 0.6 is 0 Å². The summed E-state index contributed by atoms with van der Waals surface area (Å²) in [5.74, 6) is -0.976. The molecule has 0 saturated heterocycles. The Morgan fingerprint density at radius 3 is 2.43 bits per heavy atom. The van der Waals surface area contributed by atoms with Gasteiger partial charge in [-0.25, -0.2) is 4.79 Å². The Balaban J connectivity index is 4.04. The molecule has 0 radical (unpaired) electrons. The van der Waals surface area contributed by atoms with E-state index < -0.39 is 12.1 Å². The van der Waals surface area contributed by atoms with Gasteiger partial charge >= 0.3 is 5.97 Å². The highest BCUT2D eigenvalue weighted by molar-refractivity contribution is 5.80. The van der Waals surface area contributed by atoms with Crippen LogP contribution < -0.4 is 0 Å². The third kappa shape index (κ3) is 5.75. The zero-order valence-corrected chi connectivity index (χ0v) is 8.99. The Morgan fingerprint density at radius 2 is 2.00 bits per heavy atom. The Morgan fingerprint density at radius 1 is 1.36 bits per heavy atom. The van der Waals surface area contributed by atoms with Crippen LogP contribution in [-0.2, 0) is 4.79 Å². The average Bonchev–Trinajstić information content (AvgIpc) is 2.14. The first-order chi connectivity index (χ1) is 6.61. The zero-order valence-electron chi connectivity index (χ0n) is 8.99. The van der Waals surface area contributed by atoms with E-state index in [4.69, 9.17) is 5.11 Å². The van der Waals surface area contributed by atoms with Gasteiger partial charge in [-0.05, 0) is 18.4 Å². The third-order valence-electron chi connectivity index (χ3n) is 2.23. The van der Waals surface area contributed by atoms with Gasteiger partial charge < -0.3 is 10.2 Å². The van der Waals surface area contributed by atoms with Crippen molar-refractivity contribution in [3.05, 3.63) is 11.6 Å². The maximum atomic E-state index is 10.4. The van der Waals surface area contributed by atoms with Crippen molar-refractivity contribution in [1.82, 2.24) is 0 Å². The molecule has 1 unspecified atom stereocenters. The molecule has 0 bridgehead atoms. The van der Waals surface area contributed by atoms with Gasteiger partial charge in [-0.15, -0.1) is 0 Å². The lowest BCUT2D eigenvalue weighted by molar-refractivity contribution is -0.131. The summed E-state index contributed by atoms with van der Waals surface area (Å²) in [6.07, 6.45) is 4.95. The van der Waals surface area contributed by atoms with Crippen molar-refractivity contribution < 1.29 is 15.0 Å². The van der Waals surface area contributed by atoms with Gasteiger partial charge in [-0.1, -0.05) is 33.1 Å². The molecule has 0 aromatic carbocycles. The van der Waals surface area contributed by atoms with Crippen LogP contribution in [-0.4, -0.2) is 22.3 Å². The second-order valence-corrected chi connectivity index (χ2v) is 3.42. The summed E-state index contributed by atoms with van der Waals surface area (Å²) in [6, 6.07) is 0. The lowest BCUT2D eigenvalue weighted by Crippen LogP contribution is -2.11. The van der Waals surface area contributed by atoms with Crippen LogP contribution in [0.5, 0.6) is 0 Å². The van der Waals surface area contributed by atoms with Gasteiger partial charge in [0, 0.05) is 6.08 Å². The van der Waals surface area contributed by atoms with E-state index in [9.17, 15) is 9.90 Å². The summed E-state index contributed by atoms with van der Waals surface area (Å²) >= 11 is 0. The number of unbranched alkanes of at least 4 members (excludes halogenated alkanes) is 2. The molecule has 0 aromatic heterocycles. The van der Waals surface area contributed by atoms with Crippen molar-refractivity contribution in [2.24, 2.45) is 0 Å². The average molecular weight is 200 g/mol. The monoisotopic (exact) mass is 200 g/mol. The Labute approximate surface area is 85.4 Å². The predicted octanol–water partition coefficient (Wildman–Crippen LogP) is 2.35. The van der Waals surface area contributed by atoms with Crippen LogP contribution in [0.3, 0.4) is 0 Å². The van der Waals surface area contributed by atoms with E-state index >= 15 is 0 Å². The molecular formula is C11H20O3. The fourth-order valence-electron chi connectivity index (χ4n) is 1.37. The van der Waals surface area contributed by atoms with Crippen LogP contribution in [0.1, 0.15) is 46.0 Å². The van der Waals surface area contributed by atoms with Gasteiger partial charge in [0.15, 0.2) is 0 Å². The van der Waals surface area contributed by atoms with Crippen molar-refractivity contribution in [3.8, 4) is 0 Å². The van der Waals surface area contributed by atoms with Gasteiger partial charge in [0.25, 0.3) is 0 Å². The molecule has 0 spiro atoms. The standard InChI is InChI=1S/C11H20O3/c1-3-5-6-7-10(12)9(4-2)8-11(13)14/h8,10,12H,3-7H2,1-2H3,(H,13,14). The number of carbonyl (C=O) groups is 1. The minimum atomic E-state index is -0.976. The minimum absolute atomic E-state index is 0.581. The van der Waals surface area contributed by atoms with E-state index in [-0.39, 0.29) is 0 Å². The molecule has 1 atom stereocenters. The van der Waals surface area contributed by atoms with Gasteiger partial charge in [0.05, 0.1) is 6.10 Å².